The number of aromatic nitrogens is 2. The summed E-state index contributed by atoms with van der Waals surface area (Å²) in [6.45, 7) is 3.07. The Morgan fingerprint density at radius 1 is 1.16 bits per heavy atom. The van der Waals surface area contributed by atoms with E-state index in [1.807, 2.05) is 36.4 Å². The minimum atomic E-state index is -0.214. The monoisotopic (exact) mass is 338 g/mol. The van der Waals surface area contributed by atoms with Crippen molar-refractivity contribution in [2.24, 2.45) is 0 Å². The molecule has 3 aromatic rings. The Labute approximate surface area is 145 Å². The maximum absolute atomic E-state index is 13.6. The van der Waals surface area contributed by atoms with Crippen molar-refractivity contribution in [2.45, 2.75) is 12.6 Å². The van der Waals surface area contributed by atoms with Crippen molar-refractivity contribution in [1.29, 1.82) is 0 Å². The molecule has 1 unspecified atom stereocenters. The summed E-state index contributed by atoms with van der Waals surface area (Å²) in [6, 6.07) is 16.6. The quantitative estimate of drug-likeness (QED) is 0.792. The maximum Gasteiger partial charge on any atom is 0.257 e. The second kappa shape index (κ2) is 7.13. The van der Waals surface area contributed by atoms with E-state index in [9.17, 15) is 4.39 Å². The van der Waals surface area contributed by atoms with Crippen LogP contribution in [0.2, 0.25) is 0 Å². The number of halogens is 1. The maximum atomic E-state index is 13.6. The van der Waals surface area contributed by atoms with Gasteiger partial charge in [0.25, 0.3) is 5.89 Å². The average molecular weight is 338 g/mol. The summed E-state index contributed by atoms with van der Waals surface area (Å²) in [5, 5.41) is 7.48. The molecular weight excluding hydrogens is 319 g/mol. The number of rotatable bonds is 4. The van der Waals surface area contributed by atoms with Crippen LogP contribution in [0.3, 0.4) is 0 Å². The lowest BCUT2D eigenvalue weighted by Crippen LogP contribution is -2.45. The number of hydrogen-bond acceptors (Lipinski definition) is 5. The van der Waals surface area contributed by atoms with Crippen molar-refractivity contribution in [1.82, 2.24) is 20.4 Å². The molecular formula is C19H19FN4O. The molecule has 0 aliphatic carbocycles. The van der Waals surface area contributed by atoms with Crippen LogP contribution in [0.1, 0.15) is 17.4 Å². The predicted molar refractivity (Wildman–Crippen MR) is 92.2 cm³/mol. The van der Waals surface area contributed by atoms with Gasteiger partial charge in [-0.2, -0.15) is 4.98 Å². The normalized spacial score (nSPS) is 18.4. The molecule has 0 radical (unpaired) electrons. The van der Waals surface area contributed by atoms with Crippen molar-refractivity contribution in [3.63, 3.8) is 0 Å². The van der Waals surface area contributed by atoms with Gasteiger partial charge in [0.05, 0.1) is 6.54 Å². The SMILES string of the molecule is Fc1cccc(C2CNCCN2Cc2noc(-c3ccccc3)n2)c1. The number of piperazine rings is 1. The van der Waals surface area contributed by atoms with Crippen LogP contribution in [0.25, 0.3) is 11.5 Å². The van der Waals surface area contributed by atoms with Gasteiger partial charge in [-0.05, 0) is 29.8 Å². The summed E-state index contributed by atoms with van der Waals surface area (Å²) >= 11 is 0. The highest BCUT2D eigenvalue weighted by molar-refractivity contribution is 5.51. The molecule has 1 aliphatic heterocycles. The Morgan fingerprint density at radius 3 is 2.88 bits per heavy atom. The van der Waals surface area contributed by atoms with E-state index in [4.69, 9.17) is 4.52 Å². The van der Waals surface area contributed by atoms with Crippen molar-refractivity contribution in [3.8, 4) is 11.5 Å². The van der Waals surface area contributed by atoms with Gasteiger partial charge < -0.3 is 9.84 Å². The van der Waals surface area contributed by atoms with Crippen LogP contribution in [0.5, 0.6) is 0 Å². The molecule has 25 heavy (non-hydrogen) atoms. The average Bonchev–Trinajstić information content (AvgIpc) is 3.11. The predicted octanol–water partition coefficient (Wildman–Crippen LogP) is 3.02. The lowest BCUT2D eigenvalue weighted by Gasteiger charge is -2.35. The molecule has 0 spiro atoms. The number of nitrogens with one attached hydrogen (secondary N) is 1. The molecule has 2 heterocycles. The first-order valence-electron chi connectivity index (χ1n) is 8.38. The first-order valence-corrected chi connectivity index (χ1v) is 8.38. The molecule has 1 aromatic heterocycles. The lowest BCUT2D eigenvalue weighted by atomic mass is 10.0. The molecule has 1 saturated heterocycles. The first kappa shape index (κ1) is 15.9. The fourth-order valence-electron chi connectivity index (χ4n) is 3.18. The van der Waals surface area contributed by atoms with Gasteiger partial charge in [0.2, 0.25) is 0 Å². The van der Waals surface area contributed by atoms with Crippen molar-refractivity contribution >= 4 is 0 Å². The second-order valence-electron chi connectivity index (χ2n) is 6.13. The highest BCUT2D eigenvalue weighted by atomic mass is 19.1. The van der Waals surface area contributed by atoms with Crippen LogP contribution in [0, 0.1) is 5.82 Å². The van der Waals surface area contributed by atoms with E-state index in [2.05, 4.69) is 20.4 Å². The third-order valence-electron chi connectivity index (χ3n) is 4.42. The molecule has 1 N–H and O–H groups in total. The summed E-state index contributed by atoms with van der Waals surface area (Å²) in [4.78, 5) is 6.76. The number of nitrogens with zero attached hydrogens (tertiary/aromatic N) is 3. The van der Waals surface area contributed by atoms with Crippen molar-refractivity contribution < 1.29 is 8.91 Å². The van der Waals surface area contributed by atoms with Gasteiger partial charge >= 0.3 is 0 Å². The minimum absolute atomic E-state index is 0.0862. The van der Waals surface area contributed by atoms with Gasteiger partial charge in [0.1, 0.15) is 5.82 Å². The molecule has 0 bridgehead atoms. The topological polar surface area (TPSA) is 54.2 Å². The Morgan fingerprint density at radius 2 is 2.04 bits per heavy atom. The number of hydrogen-bond donors (Lipinski definition) is 1. The zero-order valence-electron chi connectivity index (χ0n) is 13.7. The molecule has 6 heteroatoms. The van der Waals surface area contributed by atoms with Gasteiger partial charge in [0, 0.05) is 31.2 Å². The van der Waals surface area contributed by atoms with E-state index in [-0.39, 0.29) is 11.9 Å². The minimum Gasteiger partial charge on any atom is -0.334 e. The van der Waals surface area contributed by atoms with Gasteiger partial charge in [-0.3, -0.25) is 4.90 Å². The largest absolute Gasteiger partial charge is 0.334 e. The van der Waals surface area contributed by atoms with Crippen LogP contribution < -0.4 is 5.32 Å². The molecule has 1 fully saturated rings. The molecule has 128 valence electrons. The molecule has 4 rings (SSSR count). The third-order valence-corrected chi connectivity index (χ3v) is 4.42. The molecule has 5 nitrogen and oxygen atoms in total. The van der Waals surface area contributed by atoms with Crippen LogP contribution in [-0.4, -0.2) is 34.7 Å². The van der Waals surface area contributed by atoms with E-state index in [1.54, 1.807) is 12.1 Å². The zero-order valence-corrected chi connectivity index (χ0v) is 13.7. The molecule has 1 aliphatic rings. The van der Waals surface area contributed by atoms with Crippen LogP contribution in [0.4, 0.5) is 4.39 Å². The lowest BCUT2D eigenvalue weighted by molar-refractivity contribution is 0.148. The zero-order chi connectivity index (χ0) is 17.1. The Balaban J connectivity index is 1.53. The second-order valence-corrected chi connectivity index (χ2v) is 6.13. The highest BCUT2D eigenvalue weighted by Gasteiger charge is 2.25. The summed E-state index contributed by atoms with van der Waals surface area (Å²) in [5.41, 5.74) is 1.86. The molecule has 0 amide bonds. The van der Waals surface area contributed by atoms with Gasteiger partial charge in [0.15, 0.2) is 5.82 Å². The van der Waals surface area contributed by atoms with Crippen LogP contribution in [-0.2, 0) is 6.54 Å². The smallest absolute Gasteiger partial charge is 0.257 e. The van der Waals surface area contributed by atoms with Crippen molar-refractivity contribution in [3.05, 3.63) is 71.8 Å². The standard InChI is InChI=1S/C19H19FN4O/c20-16-8-4-7-15(11-16)17-12-21-9-10-24(17)13-18-22-19(25-23-18)14-5-2-1-3-6-14/h1-8,11,17,21H,9-10,12-13H2. The molecule has 0 saturated carbocycles. The fraction of sp³-hybridized carbons (Fsp3) is 0.263. The Kier molecular flexibility index (Phi) is 4.54. The Bertz CT molecular complexity index is 836. The molecule has 1 atom stereocenters. The summed E-state index contributed by atoms with van der Waals surface area (Å²) in [6.07, 6.45) is 0. The van der Waals surface area contributed by atoms with E-state index in [0.29, 0.717) is 18.3 Å². The van der Waals surface area contributed by atoms with Crippen LogP contribution >= 0.6 is 0 Å². The van der Waals surface area contributed by atoms with Gasteiger partial charge in [-0.15, -0.1) is 0 Å². The Hall–Kier alpha value is -2.57. The first-order chi connectivity index (χ1) is 12.3. The highest BCUT2D eigenvalue weighted by Crippen LogP contribution is 2.25. The third kappa shape index (κ3) is 3.60. The van der Waals surface area contributed by atoms with Crippen LogP contribution in [0.15, 0.2) is 59.1 Å². The van der Waals surface area contributed by atoms with E-state index in [0.717, 1.165) is 30.8 Å². The van der Waals surface area contributed by atoms with E-state index in [1.165, 1.54) is 6.07 Å². The van der Waals surface area contributed by atoms with E-state index >= 15 is 0 Å². The summed E-state index contributed by atoms with van der Waals surface area (Å²) in [5.74, 6) is 0.948. The molecule has 2 aromatic carbocycles. The summed E-state index contributed by atoms with van der Waals surface area (Å²) in [7, 11) is 0. The van der Waals surface area contributed by atoms with Gasteiger partial charge in [-0.1, -0.05) is 35.5 Å². The summed E-state index contributed by atoms with van der Waals surface area (Å²) < 4.78 is 19.0. The van der Waals surface area contributed by atoms with Gasteiger partial charge in [-0.25, -0.2) is 4.39 Å². The van der Waals surface area contributed by atoms with E-state index < -0.39 is 0 Å². The van der Waals surface area contributed by atoms with Crippen molar-refractivity contribution in [2.75, 3.05) is 19.6 Å². The fourth-order valence-corrected chi connectivity index (χ4v) is 3.18. The number of benzene rings is 2.